The molecule has 0 aliphatic carbocycles. The van der Waals surface area contributed by atoms with Crippen LogP contribution < -0.4 is 9.62 Å². The van der Waals surface area contributed by atoms with Gasteiger partial charge in [0.25, 0.3) is 0 Å². The van der Waals surface area contributed by atoms with E-state index in [9.17, 15) is 26.0 Å². The van der Waals surface area contributed by atoms with E-state index in [1.54, 1.807) is 4.72 Å². The maximum atomic E-state index is 13.6. The molecule has 11 heteroatoms. The fourth-order valence-electron chi connectivity index (χ4n) is 3.00. The molecule has 1 fully saturated rings. The van der Waals surface area contributed by atoms with E-state index < -0.39 is 21.3 Å². The third-order valence-electron chi connectivity index (χ3n) is 4.26. The van der Waals surface area contributed by atoms with Gasteiger partial charge >= 0.3 is 15.5 Å². The summed E-state index contributed by atoms with van der Waals surface area (Å²) in [6, 6.07) is 4.11. The number of piperidine rings is 1. The van der Waals surface area contributed by atoms with Gasteiger partial charge < -0.3 is 4.90 Å². The second-order valence-electron chi connectivity index (χ2n) is 6.11. The Balaban J connectivity index is 1.76. The molecule has 1 aromatic heterocycles. The van der Waals surface area contributed by atoms with Crippen LogP contribution in [0.1, 0.15) is 12.8 Å². The smallest absolute Gasteiger partial charge is 0.356 e. The largest absolute Gasteiger partial charge is 0.511 e. The average Bonchev–Trinajstić information content (AvgIpc) is 2.59. The lowest BCUT2D eigenvalue weighted by Crippen LogP contribution is -2.44. The van der Waals surface area contributed by atoms with E-state index in [-0.39, 0.29) is 12.5 Å². The number of fused-ring (bicyclic) bond motifs is 1. The molecule has 0 bridgehead atoms. The quantitative estimate of drug-likeness (QED) is 0.809. The molecule has 2 heterocycles. The summed E-state index contributed by atoms with van der Waals surface area (Å²) in [5.41, 5.74) is -4.78. The molecule has 1 atom stereocenters. The Morgan fingerprint density at radius 3 is 2.77 bits per heavy atom. The molecule has 3 rings (SSSR count). The number of nitrogens with zero attached hydrogens (tertiary/aromatic N) is 3. The van der Waals surface area contributed by atoms with Gasteiger partial charge in [0.15, 0.2) is 0 Å². The van der Waals surface area contributed by atoms with Crippen LogP contribution in [-0.4, -0.2) is 43.5 Å². The molecule has 0 amide bonds. The summed E-state index contributed by atoms with van der Waals surface area (Å²) in [7, 11) is -5.36. The fourth-order valence-corrected chi connectivity index (χ4v) is 3.62. The summed E-state index contributed by atoms with van der Waals surface area (Å²) >= 11 is 0. The highest BCUT2D eigenvalue weighted by Crippen LogP contribution is 2.28. The number of hydrogen-bond acceptors (Lipinski definition) is 5. The normalized spacial score (nSPS) is 19.1. The number of halogens is 4. The lowest BCUT2D eigenvalue weighted by atomic mass is 9.98. The van der Waals surface area contributed by atoms with Crippen molar-refractivity contribution in [3.05, 3.63) is 30.3 Å². The Morgan fingerprint density at radius 1 is 1.27 bits per heavy atom. The number of anilines is 1. The molecule has 1 aliphatic rings. The Labute approximate surface area is 147 Å². The van der Waals surface area contributed by atoms with Gasteiger partial charge in [-0.15, -0.1) is 0 Å². The second kappa shape index (κ2) is 6.95. The maximum Gasteiger partial charge on any atom is 0.511 e. The van der Waals surface area contributed by atoms with Crippen LogP contribution in [0.3, 0.4) is 0 Å². The molecule has 2 aromatic rings. The molecule has 6 nitrogen and oxygen atoms in total. The SMILES string of the molecule is O=S(=O)(NCC1CCCN(c2ncnc3ccc(F)cc23)C1)C(F)(F)F. The number of benzene rings is 1. The van der Waals surface area contributed by atoms with Gasteiger partial charge in [-0.25, -0.2) is 27.5 Å². The fraction of sp³-hybridized carbons (Fsp3) is 0.467. The molecule has 1 aromatic carbocycles. The first kappa shape index (κ1) is 18.8. The number of nitrogens with one attached hydrogen (secondary N) is 1. The maximum absolute atomic E-state index is 13.6. The van der Waals surface area contributed by atoms with Gasteiger partial charge in [0.05, 0.1) is 5.52 Å². The van der Waals surface area contributed by atoms with E-state index in [1.165, 1.54) is 24.5 Å². The lowest BCUT2D eigenvalue weighted by molar-refractivity contribution is -0.0448. The van der Waals surface area contributed by atoms with Crippen LogP contribution in [-0.2, 0) is 10.0 Å². The first-order chi connectivity index (χ1) is 12.2. The first-order valence-corrected chi connectivity index (χ1v) is 9.37. The van der Waals surface area contributed by atoms with Crippen LogP contribution in [0.15, 0.2) is 24.5 Å². The molecular formula is C15H16F4N4O2S. The molecule has 0 saturated carbocycles. The molecule has 1 unspecified atom stereocenters. The van der Waals surface area contributed by atoms with Gasteiger partial charge in [0.1, 0.15) is 18.0 Å². The van der Waals surface area contributed by atoms with Crippen molar-refractivity contribution in [3.8, 4) is 0 Å². The monoisotopic (exact) mass is 392 g/mol. The summed E-state index contributed by atoms with van der Waals surface area (Å²) in [4.78, 5) is 10.1. The van der Waals surface area contributed by atoms with Gasteiger partial charge in [-0.3, -0.25) is 0 Å². The Morgan fingerprint density at radius 2 is 2.04 bits per heavy atom. The van der Waals surface area contributed by atoms with E-state index in [1.807, 2.05) is 4.90 Å². The summed E-state index contributed by atoms with van der Waals surface area (Å²) in [6.45, 7) is 0.573. The van der Waals surface area contributed by atoms with Crippen LogP contribution in [0.4, 0.5) is 23.4 Å². The topological polar surface area (TPSA) is 75.2 Å². The first-order valence-electron chi connectivity index (χ1n) is 7.88. The van der Waals surface area contributed by atoms with Crippen LogP contribution >= 0.6 is 0 Å². The van der Waals surface area contributed by atoms with Crippen LogP contribution in [0.5, 0.6) is 0 Å². The number of hydrogen-bond donors (Lipinski definition) is 1. The zero-order valence-corrected chi connectivity index (χ0v) is 14.3. The van der Waals surface area contributed by atoms with E-state index in [4.69, 9.17) is 0 Å². The molecule has 26 heavy (non-hydrogen) atoms. The molecule has 1 aliphatic heterocycles. The highest BCUT2D eigenvalue weighted by molar-refractivity contribution is 7.90. The summed E-state index contributed by atoms with van der Waals surface area (Å²) in [6.07, 6.45) is 2.57. The molecule has 142 valence electrons. The van der Waals surface area contributed by atoms with Crippen molar-refractivity contribution >= 4 is 26.7 Å². The standard InChI is InChI=1S/C15H16F4N4O2S/c16-11-3-4-13-12(6-11)14(21-9-20-13)23-5-1-2-10(8-23)7-22-26(24,25)15(17,18)19/h3-4,6,9-10,22H,1-2,5,7-8H2. The van der Waals surface area contributed by atoms with Crippen molar-refractivity contribution in [1.29, 1.82) is 0 Å². The minimum Gasteiger partial charge on any atom is -0.356 e. The molecule has 1 saturated heterocycles. The van der Waals surface area contributed by atoms with Crippen LogP contribution in [0.2, 0.25) is 0 Å². The third kappa shape index (κ3) is 3.88. The van der Waals surface area contributed by atoms with E-state index in [0.717, 1.165) is 0 Å². The molecule has 0 spiro atoms. The van der Waals surface area contributed by atoms with Crippen molar-refractivity contribution in [1.82, 2.24) is 14.7 Å². The van der Waals surface area contributed by atoms with E-state index >= 15 is 0 Å². The summed E-state index contributed by atoms with van der Waals surface area (Å²) < 4.78 is 74.8. The van der Waals surface area contributed by atoms with Crippen molar-refractivity contribution in [2.75, 3.05) is 24.5 Å². The third-order valence-corrected chi connectivity index (χ3v) is 5.42. The average molecular weight is 392 g/mol. The Kier molecular flexibility index (Phi) is 5.02. The zero-order valence-electron chi connectivity index (χ0n) is 13.5. The van der Waals surface area contributed by atoms with Crippen molar-refractivity contribution in [2.24, 2.45) is 5.92 Å². The summed E-state index contributed by atoms with van der Waals surface area (Å²) in [5, 5.41) is 0.504. The highest BCUT2D eigenvalue weighted by atomic mass is 32.2. The molecular weight excluding hydrogens is 376 g/mol. The van der Waals surface area contributed by atoms with Crippen molar-refractivity contribution in [2.45, 2.75) is 18.3 Å². The van der Waals surface area contributed by atoms with Gasteiger partial charge in [-0.1, -0.05) is 0 Å². The molecule has 1 N–H and O–H groups in total. The zero-order chi connectivity index (χ0) is 18.9. The number of sulfonamides is 1. The van der Waals surface area contributed by atoms with Gasteiger partial charge in [0, 0.05) is 25.0 Å². The van der Waals surface area contributed by atoms with E-state index in [0.29, 0.717) is 42.7 Å². The van der Waals surface area contributed by atoms with Crippen LogP contribution in [0.25, 0.3) is 10.9 Å². The predicted molar refractivity (Wildman–Crippen MR) is 87.4 cm³/mol. The lowest BCUT2D eigenvalue weighted by Gasteiger charge is -2.34. The van der Waals surface area contributed by atoms with Gasteiger partial charge in [0.2, 0.25) is 0 Å². The van der Waals surface area contributed by atoms with Gasteiger partial charge in [-0.05, 0) is 37.0 Å². The highest BCUT2D eigenvalue weighted by Gasteiger charge is 2.45. The van der Waals surface area contributed by atoms with Crippen molar-refractivity contribution < 1.29 is 26.0 Å². The summed E-state index contributed by atoms with van der Waals surface area (Å²) in [5.74, 6) is -0.280. The second-order valence-corrected chi connectivity index (χ2v) is 7.87. The number of alkyl halides is 3. The van der Waals surface area contributed by atoms with Crippen molar-refractivity contribution in [3.63, 3.8) is 0 Å². The van der Waals surface area contributed by atoms with Gasteiger partial charge in [-0.2, -0.15) is 13.2 Å². The number of aromatic nitrogens is 2. The Bertz CT molecular complexity index is 904. The predicted octanol–water partition coefficient (Wildman–Crippen LogP) is 2.42. The Hall–Kier alpha value is -2.01. The minimum absolute atomic E-state index is 0.309. The molecule has 0 radical (unpaired) electrons. The minimum atomic E-state index is -5.36. The van der Waals surface area contributed by atoms with E-state index in [2.05, 4.69) is 9.97 Å². The number of rotatable bonds is 4. The van der Waals surface area contributed by atoms with Crippen LogP contribution in [0, 0.1) is 11.7 Å².